The number of amides is 1. The Labute approximate surface area is 110 Å². The van der Waals surface area contributed by atoms with Gasteiger partial charge in [0, 0.05) is 31.0 Å². The van der Waals surface area contributed by atoms with E-state index in [2.05, 4.69) is 20.4 Å². The van der Waals surface area contributed by atoms with Crippen LogP contribution in [0.2, 0.25) is 0 Å². The molecule has 3 rings (SSSR count). The van der Waals surface area contributed by atoms with Crippen LogP contribution in [0.5, 0.6) is 0 Å². The van der Waals surface area contributed by atoms with Gasteiger partial charge in [0.05, 0.1) is 0 Å². The Morgan fingerprint density at radius 2 is 2.16 bits per heavy atom. The van der Waals surface area contributed by atoms with E-state index in [1.165, 1.54) is 4.80 Å². The second-order valence-corrected chi connectivity index (χ2v) is 4.47. The van der Waals surface area contributed by atoms with Gasteiger partial charge in [0.1, 0.15) is 6.54 Å². The first kappa shape index (κ1) is 11.8. The van der Waals surface area contributed by atoms with Crippen LogP contribution in [0.4, 0.5) is 0 Å². The molecule has 7 nitrogen and oxygen atoms in total. The molecule has 1 aliphatic rings. The summed E-state index contributed by atoms with van der Waals surface area (Å²) in [4.78, 5) is 19.1. The van der Waals surface area contributed by atoms with Crippen molar-refractivity contribution in [3.63, 3.8) is 0 Å². The van der Waals surface area contributed by atoms with Gasteiger partial charge < -0.3 is 4.90 Å². The predicted molar refractivity (Wildman–Crippen MR) is 66.9 cm³/mol. The van der Waals surface area contributed by atoms with E-state index in [0.29, 0.717) is 5.82 Å². The summed E-state index contributed by atoms with van der Waals surface area (Å²) in [7, 11) is 0. The quantitative estimate of drug-likeness (QED) is 0.794. The van der Waals surface area contributed by atoms with E-state index in [1.54, 1.807) is 12.4 Å². The van der Waals surface area contributed by atoms with Crippen molar-refractivity contribution in [2.24, 2.45) is 0 Å². The molecule has 0 aliphatic carbocycles. The fraction of sp³-hybridized carbons (Fsp3) is 0.417. The van der Waals surface area contributed by atoms with E-state index in [4.69, 9.17) is 0 Å². The molecule has 0 bridgehead atoms. The van der Waals surface area contributed by atoms with Gasteiger partial charge in [-0.2, -0.15) is 4.80 Å². The highest BCUT2D eigenvalue weighted by Crippen LogP contribution is 2.11. The Balaban J connectivity index is 1.70. The summed E-state index contributed by atoms with van der Waals surface area (Å²) in [5, 5.41) is 12.0. The molecule has 7 heteroatoms. The maximum Gasteiger partial charge on any atom is 0.246 e. The number of likely N-dealkylation sites (tertiary alicyclic amines) is 1. The van der Waals surface area contributed by atoms with Gasteiger partial charge in [-0.25, -0.2) is 0 Å². The van der Waals surface area contributed by atoms with Crippen LogP contribution < -0.4 is 0 Å². The molecule has 0 atom stereocenters. The van der Waals surface area contributed by atoms with Crippen LogP contribution in [0.3, 0.4) is 0 Å². The Bertz CT molecular complexity index is 561. The molecule has 0 saturated carbocycles. The predicted octanol–water partition coefficient (Wildman–Crippen LogP) is 0.357. The zero-order valence-corrected chi connectivity index (χ0v) is 10.4. The first-order valence-corrected chi connectivity index (χ1v) is 6.29. The summed E-state index contributed by atoms with van der Waals surface area (Å²) in [6.07, 6.45) is 5.52. The van der Waals surface area contributed by atoms with E-state index in [-0.39, 0.29) is 12.5 Å². The molecular weight excluding hydrogens is 244 g/mol. The lowest BCUT2D eigenvalue weighted by Crippen LogP contribution is -2.31. The highest BCUT2D eigenvalue weighted by molar-refractivity contribution is 5.76. The molecule has 19 heavy (non-hydrogen) atoms. The van der Waals surface area contributed by atoms with Crippen LogP contribution in [-0.4, -0.2) is 49.1 Å². The average Bonchev–Trinajstić information content (AvgIpc) is 3.11. The summed E-state index contributed by atoms with van der Waals surface area (Å²) in [5.74, 6) is 0.537. The highest BCUT2D eigenvalue weighted by Gasteiger charge is 2.19. The number of tetrazole rings is 1. The summed E-state index contributed by atoms with van der Waals surface area (Å²) in [5.41, 5.74) is 0.794. The molecule has 3 heterocycles. The van der Waals surface area contributed by atoms with Crippen LogP contribution >= 0.6 is 0 Å². The Morgan fingerprint density at radius 3 is 2.89 bits per heavy atom. The second-order valence-electron chi connectivity index (χ2n) is 4.47. The van der Waals surface area contributed by atoms with E-state index in [0.717, 1.165) is 31.5 Å². The topological polar surface area (TPSA) is 76.8 Å². The summed E-state index contributed by atoms with van der Waals surface area (Å²) in [6, 6.07) is 3.67. The molecule has 1 saturated heterocycles. The third-order valence-electron chi connectivity index (χ3n) is 3.11. The Kier molecular flexibility index (Phi) is 3.18. The third-order valence-corrected chi connectivity index (χ3v) is 3.11. The number of carbonyl (C=O) groups is 1. The van der Waals surface area contributed by atoms with Gasteiger partial charge in [0.2, 0.25) is 11.7 Å². The summed E-state index contributed by atoms with van der Waals surface area (Å²) < 4.78 is 0. The molecule has 1 amide bonds. The van der Waals surface area contributed by atoms with Crippen molar-refractivity contribution in [2.75, 3.05) is 13.1 Å². The van der Waals surface area contributed by atoms with Gasteiger partial charge in [-0.05, 0) is 30.2 Å². The average molecular weight is 258 g/mol. The summed E-state index contributed by atoms with van der Waals surface area (Å²) >= 11 is 0. The SMILES string of the molecule is O=C(Cn1nnc(-c2cccnc2)n1)N1CCCC1. The van der Waals surface area contributed by atoms with Gasteiger partial charge in [-0.3, -0.25) is 9.78 Å². The smallest absolute Gasteiger partial charge is 0.246 e. The first-order chi connectivity index (χ1) is 9.33. The molecule has 0 unspecified atom stereocenters. The molecule has 1 aliphatic heterocycles. The molecular formula is C12H14N6O. The fourth-order valence-electron chi connectivity index (χ4n) is 2.11. The van der Waals surface area contributed by atoms with E-state index < -0.39 is 0 Å². The second kappa shape index (κ2) is 5.13. The molecule has 1 fully saturated rings. The van der Waals surface area contributed by atoms with E-state index in [9.17, 15) is 4.79 Å². The maximum atomic E-state index is 11.9. The van der Waals surface area contributed by atoms with Crippen LogP contribution in [0.25, 0.3) is 11.4 Å². The molecule has 2 aromatic rings. The van der Waals surface area contributed by atoms with Crippen LogP contribution in [0, 0.1) is 0 Å². The van der Waals surface area contributed by atoms with Crippen LogP contribution in [0.15, 0.2) is 24.5 Å². The van der Waals surface area contributed by atoms with Crippen molar-refractivity contribution in [1.29, 1.82) is 0 Å². The molecule has 0 aromatic carbocycles. The lowest BCUT2D eigenvalue weighted by molar-refractivity contribution is -0.131. The van der Waals surface area contributed by atoms with Gasteiger partial charge in [-0.15, -0.1) is 10.2 Å². The molecule has 98 valence electrons. The van der Waals surface area contributed by atoms with Crippen molar-refractivity contribution >= 4 is 5.91 Å². The minimum absolute atomic E-state index is 0.0487. The van der Waals surface area contributed by atoms with E-state index in [1.807, 2.05) is 17.0 Å². The lowest BCUT2D eigenvalue weighted by atomic mass is 10.3. The number of hydrogen-bond donors (Lipinski definition) is 0. The number of aromatic nitrogens is 5. The normalized spacial score (nSPS) is 14.8. The number of rotatable bonds is 3. The fourth-order valence-corrected chi connectivity index (χ4v) is 2.11. The number of pyridine rings is 1. The number of carbonyl (C=O) groups excluding carboxylic acids is 1. The van der Waals surface area contributed by atoms with Crippen molar-refractivity contribution in [1.82, 2.24) is 30.1 Å². The number of nitrogens with zero attached hydrogens (tertiary/aromatic N) is 6. The third kappa shape index (κ3) is 2.59. The van der Waals surface area contributed by atoms with Crippen LogP contribution in [-0.2, 0) is 11.3 Å². The summed E-state index contributed by atoms with van der Waals surface area (Å²) in [6.45, 7) is 1.82. The lowest BCUT2D eigenvalue weighted by Gasteiger charge is -2.13. The van der Waals surface area contributed by atoms with Crippen molar-refractivity contribution in [3.8, 4) is 11.4 Å². The van der Waals surface area contributed by atoms with Crippen molar-refractivity contribution in [3.05, 3.63) is 24.5 Å². The standard InChI is InChI=1S/C12H14N6O/c19-11(17-6-1-2-7-17)9-18-15-12(14-16-18)10-4-3-5-13-8-10/h3-5,8H,1-2,6-7,9H2. The molecule has 0 N–H and O–H groups in total. The Morgan fingerprint density at radius 1 is 1.32 bits per heavy atom. The minimum Gasteiger partial charge on any atom is -0.341 e. The highest BCUT2D eigenvalue weighted by atomic mass is 16.2. The molecule has 2 aromatic heterocycles. The maximum absolute atomic E-state index is 11.9. The van der Waals surface area contributed by atoms with Crippen molar-refractivity contribution < 1.29 is 4.79 Å². The zero-order valence-electron chi connectivity index (χ0n) is 10.4. The molecule has 0 spiro atoms. The van der Waals surface area contributed by atoms with Gasteiger partial charge >= 0.3 is 0 Å². The first-order valence-electron chi connectivity index (χ1n) is 6.29. The molecule has 0 radical (unpaired) electrons. The van der Waals surface area contributed by atoms with Gasteiger partial charge in [0.25, 0.3) is 0 Å². The van der Waals surface area contributed by atoms with Gasteiger partial charge in [0.15, 0.2) is 0 Å². The van der Waals surface area contributed by atoms with Crippen molar-refractivity contribution in [2.45, 2.75) is 19.4 Å². The van der Waals surface area contributed by atoms with E-state index >= 15 is 0 Å². The largest absolute Gasteiger partial charge is 0.341 e. The Hall–Kier alpha value is -2.31. The number of hydrogen-bond acceptors (Lipinski definition) is 5. The monoisotopic (exact) mass is 258 g/mol. The minimum atomic E-state index is 0.0487. The van der Waals surface area contributed by atoms with Crippen LogP contribution in [0.1, 0.15) is 12.8 Å². The van der Waals surface area contributed by atoms with Gasteiger partial charge in [-0.1, -0.05) is 0 Å². The zero-order chi connectivity index (χ0) is 13.1.